The minimum atomic E-state index is -0.598. The first-order chi connectivity index (χ1) is 9.08. The Hall–Kier alpha value is -1.71. The van der Waals surface area contributed by atoms with Gasteiger partial charge in [0, 0.05) is 12.6 Å². The molecule has 19 heavy (non-hydrogen) atoms. The molecule has 2 aromatic rings. The van der Waals surface area contributed by atoms with Crippen molar-refractivity contribution in [3.63, 3.8) is 0 Å². The monoisotopic (exact) mass is 299 g/mol. The summed E-state index contributed by atoms with van der Waals surface area (Å²) in [5, 5.41) is 12.3. The van der Waals surface area contributed by atoms with Crippen molar-refractivity contribution in [3.8, 4) is 6.07 Å². The van der Waals surface area contributed by atoms with Gasteiger partial charge >= 0.3 is 0 Å². The highest BCUT2D eigenvalue weighted by atomic mass is 35.5. The summed E-state index contributed by atoms with van der Waals surface area (Å²) < 4.78 is 25.9. The van der Waals surface area contributed by atoms with E-state index >= 15 is 0 Å². The lowest BCUT2D eigenvalue weighted by atomic mass is 10.1. The van der Waals surface area contributed by atoms with Gasteiger partial charge in [0.05, 0.1) is 0 Å². The van der Waals surface area contributed by atoms with Crippen LogP contribution >= 0.6 is 22.9 Å². The van der Waals surface area contributed by atoms with E-state index in [0.717, 1.165) is 17.4 Å². The van der Waals surface area contributed by atoms with Gasteiger partial charge in [-0.2, -0.15) is 5.26 Å². The molecule has 0 spiro atoms. The first kappa shape index (κ1) is 13.7. The zero-order valence-electron chi connectivity index (χ0n) is 9.58. The van der Waals surface area contributed by atoms with E-state index in [0.29, 0.717) is 28.5 Å². The van der Waals surface area contributed by atoms with Crippen molar-refractivity contribution in [3.05, 3.63) is 45.4 Å². The standard InChI is InChI=1S/C12H8ClF2N3S/c13-11-10(6-16)19-12(18-11)17-2-1-7-3-8(14)5-9(15)4-7/h3-5H,1-2H2,(H,17,18). The maximum atomic E-state index is 13.0. The van der Waals surface area contributed by atoms with Crippen LogP contribution < -0.4 is 5.32 Å². The molecule has 0 fully saturated rings. The van der Waals surface area contributed by atoms with Crippen LogP contribution in [0.4, 0.5) is 13.9 Å². The fourth-order valence-electron chi connectivity index (χ4n) is 1.52. The van der Waals surface area contributed by atoms with Crippen LogP contribution in [0.1, 0.15) is 10.4 Å². The van der Waals surface area contributed by atoms with Gasteiger partial charge in [-0.3, -0.25) is 0 Å². The fourth-order valence-corrected chi connectivity index (χ4v) is 2.49. The Morgan fingerprint density at radius 2 is 2.00 bits per heavy atom. The lowest BCUT2D eigenvalue weighted by molar-refractivity contribution is 0.580. The highest BCUT2D eigenvalue weighted by Gasteiger charge is 2.08. The highest BCUT2D eigenvalue weighted by Crippen LogP contribution is 2.25. The average Bonchev–Trinajstić information content (AvgIpc) is 2.68. The van der Waals surface area contributed by atoms with Gasteiger partial charge in [-0.05, 0) is 24.1 Å². The zero-order valence-corrected chi connectivity index (χ0v) is 11.2. The molecule has 1 aromatic heterocycles. The maximum absolute atomic E-state index is 13.0. The predicted octanol–water partition coefficient (Wildman–Crippen LogP) is 3.60. The Morgan fingerprint density at radius 1 is 1.32 bits per heavy atom. The van der Waals surface area contributed by atoms with Crippen LogP contribution in [0.25, 0.3) is 0 Å². The van der Waals surface area contributed by atoms with Crippen LogP contribution in [0.5, 0.6) is 0 Å². The third-order valence-electron chi connectivity index (χ3n) is 2.30. The summed E-state index contributed by atoms with van der Waals surface area (Å²) in [6.07, 6.45) is 0.438. The van der Waals surface area contributed by atoms with E-state index in [4.69, 9.17) is 16.9 Å². The van der Waals surface area contributed by atoms with Gasteiger partial charge in [0.2, 0.25) is 0 Å². The SMILES string of the molecule is N#Cc1sc(NCCc2cc(F)cc(F)c2)nc1Cl. The van der Waals surface area contributed by atoms with E-state index in [1.165, 1.54) is 12.1 Å². The zero-order chi connectivity index (χ0) is 13.8. The third-order valence-corrected chi connectivity index (χ3v) is 3.60. The van der Waals surface area contributed by atoms with Gasteiger partial charge < -0.3 is 5.32 Å². The molecule has 0 amide bonds. The van der Waals surface area contributed by atoms with Crippen molar-refractivity contribution in [1.29, 1.82) is 5.26 Å². The molecule has 0 saturated carbocycles. The number of hydrogen-bond acceptors (Lipinski definition) is 4. The number of nitrogens with one attached hydrogen (secondary N) is 1. The van der Waals surface area contributed by atoms with Crippen molar-refractivity contribution in [2.45, 2.75) is 6.42 Å². The summed E-state index contributed by atoms with van der Waals surface area (Å²) >= 11 is 6.86. The molecule has 2 rings (SSSR count). The quantitative estimate of drug-likeness (QED) is 0.938. The molecule has 0 aliphatic heterocycles. The molecule has 0 aliphatic rings. The summed E-state index contributed by atoms with van der Waals surface area (Å²) in [4.78, 5) is 4.28. The van der Waals surface area contributed by atoms with E-state index in [2.05, 4.69) is 10.3 Å². The van der Waals surface area contributed by atoms with Gasteiger partial charge in [0.1, 0.15) is 22.6 Å². The summed E-state index contributed by atoms with van der Waals surface area (Å²) in [5.74, 6) is -1.20. The number of rotatable bonds is 4. The second-order valence-electron chi connectivity index (χ2n) is 3.71. The van der Waals surface area contributed by atoms with Gasteiger partial charge in [-0.25, -0.2) is 13.8 Å². The fraction of sp³-hybridized carbons (Fsp3) is 0.167. The number of thiazole rings is 1. The summed E-state index contributed by atoms with van der Waals surface area (Å²) in [6.45, 7) is 0.442. The Morgan fingerprint density at radius 3 is 2.58 bits per heavy atom. The number of anilines is 1. The van der Waals surface area contributed by atoms with E-state index in [1.54, 1.807) is 0 Å². The molecule has 0 radical (unpaired) electrons. The third kappa shape index (κ3) is 3.63. The first-order valence-electron chi connectivity index (χ1n) is 5.34. The number of aromatic nitrogens is 1. The molecular formula is C12H8ClF2N3S. The molecule has 7 heteroatoms. The van der Waals surface area contributed by atoms with Crippen LogP contribution in [-0.2, 0) is 6.42 Å². The molecule has 98 valence electrons. The Kier molecular flexibility index (Phi) is 4.30. The minimum Gasteiger partial charge on any atom is -0.361 e. The van der Waals surface area contributed by atoms with E-state index in [9.17, 15) is 8.78 Å². The first-order valence-corrected chi connectivity index (χ1v) is 6.53. The van der Waals surface area contributed by atoms with Crippen molar-refractivity contribution in [1.82, 2.24) is 4.98 Å². The second kappa shape index (κ2) is 5.95. The topological polar surface area (TPSA) is 48.7 Å². The number of hydrogen-bond donors (Lipinski definition) is 1. The molecule has 0 bridgehead atoms. The van der Waals surface area contributed by atoms with Crippen LogP contribution in [0.15, 0.2) is 18.2 Å². The predicted molar refractivity (Wildman–Crippen MR) is 70.4 cm³/mol. The lowest BCUT2D eigenvalue weighted by Gasteiger charge is -2.03. The lowest BCUT2D eigenvalue weighted by Crippen LogP contribution is -2.05. The number of halogens is 3. The number of benzene rings is 1. The largest absolute Gasteiger partial charge is 0.361 e. The van der Waals surface area contributed by atoms with Gasteiger partial charge in [-0.15, -0.1) is 0 Å². The second-order valence-corrected chi connectivity index (χ2v) is 5.06. The minimum absolute atomic E-state index is 0.159. The van der Waals surface area contributed by atoms with Crippen LogP contribution in [0.2, 0.25) is 5.15 Å². The molecule has 0 saturated heterocycles. The van der Waals surface area contributed by atoms with Gasteiger partial charge in [0.15, 0.2) is 10.3 Å². The van der Waals surface area contributed by atoms with Crippen molar-refractivity contribution >= 4 is 28.1 Å². The smallest absolute Gasteiger partial charge is 0.185 e. The number of nitriles is 1. The molecule has 1 aromatic carbocycles. The van der Waals surface area contributed by atoms with E-state index in [-0.39, 0.29) is 5.15 Å². The molecule has 3 nitrogen and oxygen atoms in total. The van der Waals surface area contributed by atoms with Crippen molar-refractivity contribution in [2.75, 3.05) is 11.9 Å². The van der Waals surface area contributed by atoms with E-state index in [1.807, 2.05) is 6.07 Å². The van der Waals surface area contributed by atoms with Gasteiger partial charge in [0.25, 0.3) is 0 Å². The maximum Gasteiger partial charge on any atom is 0.185 e. The summed E-state index contributed by atoms with van der Waals surface area (Å²) in [7, 11) is 0. The molecule has 0 aliphatic carbocycles. The summed E-state index contributed by atoms with van der Waals surface area (Å²) in [6, 6.07) is 5.31. The molecular weight excluding hydrogens is 292 g/mol. The van der Waals surface area contributed by atoms with Crippen molar-refractivity contribution in [2.24, 2.45) is 0 Å². The summed E-state index contributed by atoms with van der Waals surface area (Å²) in [5.41, 5.74) is 0.549. The molecule has 0 unspecified atom stereocenters. The molecule has 0 atom stereocenters. The Labute approximate surface area is 117 Å². The highest BCUT2D eigenvalue weighted by molar-refractivity contribution is 7.16. The normalized spacial score (nSPS) is 10.2. The van der Waals surface area contributed by atoms with Gasteiger partial charge in [-0.1, -0.05) is 22.9 Å². The van der Waals surface area contributed by atoms with Crippen LogP contribution in [0.3, 0.4) is 0 Å². The van der Waals surface area contributed by atoms with Crippen LogP contribution in [-0.4, -0.2) is 11.5 Å². The Balaban J connectivity index is 1.94. The van der Waals surface area contributed by atoms with Crippen LogP contribution in [0, 0.1) is 23.0 Å². The Bertz CT molecular complexity index is 616. The molecule has 1 N–H and O–H groups in total. The average molecular weight is 300 g/mol. The number of nitrogens with zero attached hydrogens (tertiary/aromatic N) is 2. The van der Waals surface area contributed by atoms with Crippen molar-refractivity contribution < 1.29 is 8.78 Å². The van der Waals surface area contributed by atoms with E-state index < -0.39 is 11.6 Å². The molecule has 1 heterocycles.